The van der Waals surface area contributed by atoms with E-state index in [9.17, 15) is 4.79 Å². The lowest BCUT2D eigenvalue weighted by molar-refractivity contribution is -0.126. The van der Waals surface area contributed by atoms with Crippen molar-refractivity contribution < 1.29 is 4.79 Å². The van der Waals surface area contributed by atoms with Crippen LogP contribution >= 0.6 is 0 Å². The number of nitrogens with one attached hydrogen (secondary N) is 1. The number of pyridine rings is 2. The molecule has 0 saturated heterocycles. The molecule has 0 aromatic carbocycles. The first-order valence-electron chi connectivity index (χ1n) is 7.96. The Hall–Kier alpha value is -2.23. The van der Waals surface area contributed by atoms with Gasteiger partial charge < -0.3 is 5.32 Å². The fourth-order valence-corrected chi connectivity index (χ4v) is 2.96. The van der Waals surface area contributed by atoms with Crippen molar-refractivity contribution in [2.45, 2.75) is 38.6 Å². The number of amides is 1. The Bertz CT molecular complexity index is 621. The summed E-state index contributed by atoms with van der Waals surface area (Å²) >= 11 is 0. The minimum absolute atomic E-state index is 0.196. The van der Waals surface area contributed by atoms with Crippen LogP contribution in [0.5, 0.6) is 0 Å². The van der Waals surface area contributed by atoms with Crippen LogP contribution in [0.2, 0.25) is 0 Å². The van der Waals surface area contributed by atoms with Gasteiger partial charge in [-0.2, -0.15) is 0 Å². The Morgan fingerprint density at radius 2 is 1.86 bits per heavy atom. The molecule has 2 aromatic rings. The fourth-order valence-electron chi connectivity index (χ4n) is 2.96. The zero-order chi connectivity index (χ0) is 15.2. The van der Waals surface area contributed by atoms with Crippen molar-refractivity contribution in [2.75, 3.05) is 0 Å². The first-order chi connectivity index (χ1) is 10.8. The normalized spacial score (nSPS) is 15.5. The quantitative estimate of drug-likeness (QED) is 0.941. The number of aromatic nitrogens is 2. The minimum atomic E-state index is 0.196. The summed E-state index contributed by atoms with van der Waals surface area (Å²) in [5, 5.41) is 3.07. The largest absolute Gasteiger partial charge is 0.352 e. The summed E-state index contributed by atoms with van der Waals surface area (Å²) in [6, 6.07) is 7.85. The third-order valence-corrected chi connectivity index (χ3v) is 4.24. The zero-order valence-electron chi connectivity index (χ0n) is 12.7. The Labute approximate surface area is 131 Å². The highest BCUT2D eigenvalue weighted by Gasteiger charge is 2.20. The molecule has 1 fully saturated rings. The molecule has 2 aromatic heterocycles. The number of carbonyl (C=O) groups is 1. The summed E-state index contributed by atoms with van der Waals surface area (Å²) in [5.41, 5.74) is 3.02. The molecule has 1 N–H and O–H groups in total. The molecule has 3 rings (SSSR count). The molecule has 1 amide bonds. The number of hydrogen-bond acceptors (Lipinski definition) is 3. The van der Waals surface area contributed by atoms with Crippen LogP contribution in [-0.4, -0.2) is 15.9 Å². The first-order valence-corrected chi connectivity index (χ1v) is 7.96. The average molecular weight is 295 g/mol. The predicted molar refractivity (Wildman–Crippen MR) is 85.9 cm³/mol. The van der Waals surface area contributed by atoms with Crippen LogP contribution in [0.3, 0.4) is 0 Å². The molecule has 2 heterocycles. The van der Waals surface area contributed by atoms with E-state index in [4.69, 9.17) is 0 Å². The third kappa shape index (κ3) is 3.70. The lowest BCUT2D eigenvalue weighted by Gasteiger charge is -2.20. The molecule has 0 spiro atoms. The van der Waals surface area contributed by atoms with Gasteiger partial charge in [0.2, 0.25) is 5.91 Å². The van der Waals surface area contributed by atoms with E-state index >= 15 is 0 Å². The summed E-state index contributed by atoms with van der Waals surface area (Å²) in [5.74, 6) is 0.400. The molecular weight excluding hydrogens is 274 g/mol. The van der Waals surface area contributed by atoms with Crippen molar-refractivity contribution >= 4 is 5.91 Å². The van der Waals surface area contributed by atoms with E-state index in [2.05, 4.69) is 15.3 Å². The molecule has 4 nitrogen and oxygen atoms in total. The molecular formula is C18H21N3O. The van der Waals surface area contributed by atoms with Gasteiger partial charge in [0.25, 0.3) is 0 Å². The van der Waals surface area contributed by atoms with E-state index in [0.29, 0.717) is 6.54 Å². The molecule has 0 aliphatic heterocycles. The van der Waals surface area contributed by atoms with Crippen molar-refractivity contribution in [3.05, 3.63) is 48.4 Å². The summed E-state index contributed by atoms with van der Waals surface area (Å²) in [4.78, 5) is 20.6. The molecule has 22 heavy (non-hydrogen) atoms. The Balaban J connectivity index is 1.62. The van der Waals surface area contributed by atoms with Crippen molar-refractivity contribution in [1.82, 2.24) is 15.3 Å². The van der Waals surface area contributed by atoms with E-state index in [0.717, 1.165) is 29.7 Å². The molecule has 1 saturated carbocycles. The summed E-state index contributed by atoms with van der Waals surface area (Å²) in [6.07, 6.45) is 11.0. The number of carbonyl (C=O) groups excluding carboxylic acids is 1. The summed E-state index contributed by atoms with van der Waals surface area (Å²) < 4.78 is 0. The van der Waals surface area contributed by atoms with Gasteiger partial charge in [0.1, 0.15) is 0 Å². The molecule has 1 aliphatic rings. The van der Waals surface area contributed by atoms with Crippen LogP contribution < -0.4 is 5.32 Å². The van der Waals surface area contributed by atoms with Crippen LogP contribution in [0.1, 0.15) is 37.7 Å². The Morgan fingerprint density at radius 3 is 2.64 bits per heavy atom. The second-order valence-electron chi connectivity index (χ2n) is 5.84. The fraction of sp³-hybridized carbons (Fsp3) is 0.389. The maximum Gasteiger partial charge on any atom is 0.223 e. The molecule has 0 radical (unpaired) electrons. The summed E-state index contributed by atoms with van der Waals surface area (Å²) in [7, 11) is 0. The SMILES string of the molecule is O=C(NCc1ccnc(-c2ccncc2)c1)C1CCCCC1. The first kappa shape index (κ1) is 14.7. The molecule has 4 heteroatoms. The van der Waals surface area contributed by atoms with Gasteiger partial charge >= 0.3 is 0 Å². The van der Waals surface area contributed by atoms with Gasteiger partial charge in [0, 0.05) is 36.6 Å². The molecule has 114 valence electrons. The molecule has 0 bridgehead atoms. The van der Waals surface area contributed by atoms with E-state index in [1.54, 1.807) is 18.6 Å². The monoisotopic (exact) mass is 295 g/mol. The maximum atomic E-state index is 12.2. The molecule has 1 aliphatic carbocycles. The molecule has 0 atom stereocenters. The predicted octanol–water partition coefficient (Wildman–Crippen LogP) is 3.34. The van der Waals surface area contributed by atoms with Gasteiger partial charge in [-0.25, -0.2) is 0 Å². The van der Waals surface area contributed by atoms with Crippen LogP contribution in [0, 0.1) is 5.92 Å². The number of rotatable bonds is 4. The lowest BCUT2D eigenvalue weighted by atomic mass is 9.88. The summed E-state index contributed by atoms with van der Waals surface area (Å²) in [6.45, 7) is 0.565. The van der Waals surface area contributed by atoms with E-state index in [-0.39, 0.29) is 11.8 Å². The standard InChI is InChI=1S/C18H21N3O/c22-18(16-4-2-1-3-5-16)21-13-14-6-11-20-17(12-14)15-7-9-19-10-8-15/h6-12,16H,1-5,13H2,(H,21,22). The van der Waals surface area contributed by atoms with E-state index in [1.165, 1.54) is 19.3 Å². The maximum absolute atomic E-state index is 12.2. The highest BCUT2D eigenvalue weighted by atomic mass is 16.1. The van der Waals surface area contributed by atoms with Gasteiger partial charge in [-0.05, 0) is 42.7 Å². The highest BCUT2D eigenvalue weighted by Crippen LogP contribution is 2.23. The van der Waals surface area contributed by atoms with Crippen LogP contribution in [0.4, 0.5) is 0 Å². The Kier molecular flexibility index (Phi) is 4.78. The van der Waals surface area contributed by atoms with Crippen molar-refractivity contribution in [3.63, 3.8) is 0 Å². The van der Waals surface area contributed by atoms with Crippen molar-refractivity contribution in [1.29, 1.82) is 0 Å². The van der Waals surface area contributed by atoms with Gasteiger partial charge in [0.15, 0.2) is 0 Å². The van der Waals surface area contributed by atoms with Gasteiger partial charge in [-0.3, -0.25) is 14.8 Å². The van der Waals surface area contributed by atoms with Crippen molar-refractivity contribution in [3.8, 4) is 11.3 Å². The van der Waals surface area contributed by atoms with Crippen LogP contribution in [0.25, 0.3) is 11.3 Å². The smallest absolute Gasteiger partial charge is 0.223 e. The second-order valence-corrected chi connectivity index (χ2v) is 5.84. The number of nitrogens with zero attached hydrogens (tertiary/aromatic N) is 2. The topological polar surface area (TPSA) is 54.9 Å². The van der Waals surface area contributed by atoms with E-state index in [1.807, 2.05) is 24.3 Å². The lowest BCUT2D eigenvalue weighted by Crippen LogP contribution is -2.31. The van der Waals surface area contributed by atoms with Gasteiger partial charge in [-0.15, -0.1) is 0 Å². The van der Waals surface area contributed by atoms with E-state index < -0.39 is 0 Å². The molecule has 0 unspecified atom stereocenters. The average Bonchev–Trinajstić information content (AvgIpc) is 2.61. The number of hydrogen-bond donors (Lipinski definition) is 1. The van der Waals surface area contributed by atoms with Gasteiger partial charge in [-0.1, -0.05) is 19.3 Å². The Morgan fingerprint density at radius 1 is 1.09 bits per heavy atom. The van der Waals surface area contributed by atoms with Crippen molar-refractivity contribution in [2.24, 2.45) is 5.92 Å². The highest BCUT2D eigenvalue weighted by molar-refractivity contribution is 5.78. The minimum Gasteiger partial charge on any atom is -0.352 e. The van der Waals surface area contributed by atoms with Crippen LogP contribution in [-0.2, 0) is 11.3 Å². The second kappa shape index (κ2) is 7.16. The van der Waals surface area contributed by atoms with Gasteiger partial charge in [0.05, 0.1) is 5.69 Å². The van der Waals surface area contributed by atoms with Crippen LogP contribution in [0.15, 0.2) is 42.9 Å². The zero-order valence-corrected chi connectivity index (χ0v) is 12.7. The third-order valence-electron chi connectivity index (χ3n) is 4.24.